The van der Waals surface area contributed by atoms with E-state index in [0.29, 0.717) is 21.3 Å². The van der Waals surface area contributed by atoms with Crippen molar-refractivity contribution in [2.45, 2.75) is 13.8 Å². The van der Waals surface area contributed by atoms with Crippen LogP contribution in [0.2, 0.25) is 0 Å². The highest BCUT2D eigenvalue weighted by atomic mass is 79.9. The van der Waals surface area contributed by atoms with Gasteiger partial charge in [0.25, 0.3) is 11.8 Å². The van der Waals surface area contributed by atoms with Gasteiger partial charge in [-0.2, -0.15) is 0 Å². The topological polar surface area (TPSA) is 66.5 Å². The number of carbonyl (C=O) groups excluding carboxylic acids is 3. The summed E-state index contributed by atoms with van der Waals surface area (Å²) in [4.78, 5) is 37.9. The van der Waals surface area contributed by atoms with Crippen LogP contribution in [0.4, 0.5) is 5.69 Å². The summed E-state index contributed by atoms with van der Waals surface area (Å²) in [5.41, 5.74) is 3.33. The van der Waals surface area contributed by atoms with Gasteiger partial charge >= 0.3 is 0 Å². The summed E-state index contributed by atoms with van der Waals surface area (Å²) >= 11 is 3.28. The molecule has 0 aliphatic carbocycles. The lowest BCUT2D eigenvalue weighted by Gasteiger charge is -2.14. The molecule has 0 bridgehead atoms. The zero-order valence-electron chi connectivity index (χ0n) is 13.2. The van der Waals surface area contributed by atoms with Crippen molar-refractivity contribution in [3.8, 4) is 0 Å². The second-order valence-corrected chi connectivity index (χ2v) is 6.67. The molecule has 5 nitrogen and oxygen atoms in total. The van der Waals surface area contributed by atoms with E-state index in [9.17, 15) is 14.4 Å². The zero-order chi connectivity index (χ0) is 17.4. The molecule has 0 aromatic heterocycles. The summed E-state index contributed by atoms with van der Waals surface area (Å²) < 4.78 is 0.712. The number of aryl methyl sites for hydroxylation is 2. The molecule has 1 aliphatic heterocycles. The van der Waals surface area contributed by atoms with E-state index in [4.69, 9.17) is 0 Å². The molecule has 0 fully saturated rings. The first-order valence-electron chi connectivity index (χ1n) is 7.39. The van der Waals surface area contributed by atoms with Crippen molar-refractivity contribution >= 4 is 39.3 Å². The van der Waals surface area contributed by atoms with E-state index in [1.54, 1.807) is 18.2 Å². The average Bonchev–Trinajstić information content (AvgIpc) is 2.75. The highest BCUT2D eigenvalue weighted by Crippen LogP contribution is 2.26. The summed E-state index contributed by atoms with van der Waals surface area (Å²) in [6.45, 7) is 3.55. The van der Waals surface area contributed by atoms with Crippen molar-refractivity contribution in [2.24, 2.45) is 0 Å². The molecule has 122 valence electrons. The van der Waals surface area contributed by atoms with Crippen LogP contribution in [0.15, 0.2) is 40.9 Å². The Morgan fingerprint density at radius 1 is 1.04 bits per heavy atom. The van der Waals surface area contributed by atoms with Crippen LogP contribution in [-0.2, 0) is 4.79 Å². The van der Waals surface area contributed by atoms with E-state index >= 15 is 0 Å². The molecule has 1 aliphatic rings. The minimum Gasteiger partial charge on any atom is -0.324 e. The van der Waals surface area contributed by atoms with Crippen molar-refractivity contribution in [1.82, 2.24) is 4.90 Å². The molecule has 6 heteroatoms. The molecule has 2 aromatic rings. The maximum absolute atomic E-state index is 12.4. The standard InChI is InChI=1S/C18H15BrN2O3/c1-10-3-6-15(11(2)7-10)20-16(22)9-21-17(23)13-5-4-12(19)8-14(13)18(21)24/h3-8H,9H2,1-2H3,(H,20,22). The molecule has 3 rings (SSSR count). The quantitative estimate of drug-likeness (QED) is 0.822. The number of fused-ring (bicyclic) bond motifs is 1. The van der Waals surface area contributed by atoms with Gasteiger partial charge in [-0.05, 0) is 43.7 Å². The summed E-state index contributed by atoms with van der Waals surface area (Å²) in [5.74, 6) is -1.30. The predicted molar refractivity (Wildman–Crippen MR) is 94.1 cm³/mol. The number of amides is 3. The molecule has 0 saturated carbocycles. The number of imide groups is 1. The van der Waals surface area contributed by atoms with Gasteiger partial charge < -0.3 is 5.32 Å². The molecular formula is C18H15BrN2O3. The van der Waals surface area contributed by atoms with Gasteiger partial charge in [0, 0.05) is 10.2 Å². The number of carbonyl (C=O) groups is 3. The van der Waals surface area contributed by atoms with Crippen LogP contribution in [0.5, 0.6) is 0 Å². The van der Waals surface area contributed by atoms with Crippen LogP contribution in [0.3, 0.4) is 0 Å². The third-order valence-corrected chi connectivity index (χ3v) is 4.38. The van der Waals surface area contributed by atoms with Crippen molar-refractivity contribution in [2.75, 3.05) is 11.9 Å². The van der Waals surface area contributed by atoms with Gasteiger partial charge in [-0.3, -0.25) is 19.3 Å². The van der Waals surface area contributed by atoms with Gasteiger partial charge in [-0.1, -0.05) is 33.6 Å². The number of rotatable bonds is 3. The third kappa shape index (κ3) is 2.97. The molecule has 0 atom stereocenters. The molecule has 0 radical (unpaired) electrons. The minimum atomic E-state index is -0.452. The number of nitrogens with one attached hydrogen (secondary N) is 1. The Balaban J connectivity index is 1.76. The Labute approximate surface area is 147 Å². The van der Waals surface area contributed by atoms with Crippen LogP contribution in [-0.4, -0.2) is 29.2 Å². The first-order valence-corrected chi connectivity index (χ1v) is 8.19. The maximum atomic E-state index is 12.4. The zero-order valence-corrected chi connectivity index (χ0v) is 14.8. The van der Waals surface area contributed by atoms with Gasteiger partial charge in [-0.15, -0.1) is 0 Å². The predicted octanol–water partition coefficient (Wildman–Crippen LogP) is 3.30. The largest absolute Gasteiger partial charge is 0.324 e. The number of halogens is 1. The van der Waals surface area contributed by atoms with Crippen molar-refractivity contribution in [1.29, 1.82) is 0 Å². The van der Waals surface area contributed by atoms with Gasteiger partial charge in [-0.25, -0.2) is 0 Å². The lowest BCUT2D eigenvalue weighted by atomic mass is 10.1. The van der Waals surface area contributed by atoms with Crippen LogP contribution < -0.4 is 5.32 Å². The minimum absolute atomic E-state index is 0.308. The SMILES string of the molecule is Cc1ccc(NC(=O)CN2C(=O)c3ccc(Br)cc3C2=O)c(C)c1. The normalized spacial score (nSPS) is 13.2. The van der Waals surface area contributed by atoms with Crippen LogP contribution in [0.25, 0.3) is 0 Å². The van der Waals surface area contributed by atoms with Crippen LogP contribution in [0.1, 0.15) is 31.8 Å². The fourth-order valence-electron chi connectivity index (χ4n) is 2.69. The highest BCUT2D eigenvalue weighted by molar-refractivity contribution is 9.10. The molecule has 1 heterocycles. The Hall–Kier alpha value is -2.47. The fourth-order valence-corrected chi connectivity index (χ4v) is 3.05. The number of nitrogens with zero attached hydrogens (tertiary/aromatic N) is 1. The second kappa shape index (κ2) is 6.20. The lowest BCUT2D eigenvalue weighted by Crippen LogP contribution is -2.37. The Morgan fingerprint density at radius 3 is 2.46 bits per heavy atom. The monoisotopic (exact) mass is 386 g/mol. The Bertz CT molecular complexity index is 877. The van der Waals surface area contributed by atoms with Crippen molar-refractivity contribution < 1.29 is 14.4 Å². The Kier molecular flexibility index (Phi) is 4.24. The number of benzene rings is 2. The van der Waals surface area contributed by atoms with E-state index in [-0.39, 0.29) is 6.54 Å². The van der Waals surface area contributed by atoms with Crippen molar-refractivity contribution in [3.05, 3.63) is 63.1 Å². The summed E-state index contributed by atoms with van der Waals surface area (Å²) in [7, 11) is 0. The van der Waals surface area contributed by atoms with E-state index in [2.05, 4.69) is 21.2 Å². The van der Waals surface area contributed by atoms with Crippen molar-refractivity contribution in [3.63, 3.8) is 0 Å². The number of anilines is 1. The number of hydrogen-bond donors (Lipinski definition) is 1. The lowest BCUT2D eigenvalue weighted by molar-refractivity contribution is -0.116. The van der Waals surface area contributed by atoms with E-state index in [0.717, 1.165) is 16.0 Å². The van der Waals surface area contributed by atoms with E-state index in [1.807, 2.05) is 32.0 Å². The van der Waals surface area contributed by atoms with Gasteiger partial charge in [0.1, 0.15) is 6.54 Å². The summed E-state index contributed by atoms with van der Waals surface area (Å²) in [6, 6.07) is 10.5. The first-order chi connectivity index (χ1) is 11.4. The molecular weight excluding hydrogens is 372 g/mol. The molecule has 0 spiro atoms. The first kappa shape index (κ1) is 16.4. The number of hydrogen-bond acceptors (Lipinski definition) is 3. The van der Waals surface area contributed by atoms with Gasteiger partial charge in [0.2, 0.25) is 5.91 Å². The molecule has 24 heavy (non-hydrogen) atoms. The van der Waals surface area contributed by atoms with E-state index < -0.39 is 17.7 Å². The van der Waals surface area contributed by atoms with Gasteiger partial charge in [0.05, 0.1) is 11.1 Å². The summed E-state index contributed by atoms with van der Waals surface area (Å²) in [6.07, 6.45) is 0. The molecule has 1 N–H and O–H groups in total. The third-order valence-electron chi connectivity index (χ3n) is 3.89. The maximum Gasteiger partial charge on any atom is 0.262 e. The molecule has 0 unspecified atom stereocenters. The van der Waals surface area contributed by atoms with E-state index in [1.165, 1.54) is 0 Å². The fraction of sp³-hybridized carbons (Fsp3) is 0.167. The average molecular weight is 387 g/mol. The Morgan fingerprint density at radius 2 is 1.75 bits per heavy atom. The van der Waals surface area contributed by atoms with Crippen LogP contribution >= 0.6 is 15.9 Å². The molecule has 0 saturated heterocycles. The van der Waals surface area contributed by atoms with Gasteiger partial charge in [0.15, 0.2) is 0 Å². The second-order valence-electron chi connectivity index (χ2n) is 5.75. The van der Waals surface area contributed by atoms with Crippen LogP contribution in [0, 0.1) is 13.8 Å². The molecule has 2 aromatic carbocycles. The highest BCUT2D eigenvalue weighted by Gasteiger charge is 2.36. The molecule has 3 amide bonds. The smallest absolute Gasteiger partial charge is 0.262 e. The summed E-state index contributed by atoms with van der Waals surface area (Å²) in [5, 5.41) is 2.75.